The molecule has 1 aromatic heterocycles. The second-order valence-electron chi connectivity index (χ2n) is 3.65. The maximum Gasteiger partial charge on any atom is 0.151 e. The molecule has 0 fully saturated rings. The van der Waals surface area contributed by atoms with Gasteiger partial charge in [0.25, 0.3) is 0 Å². The summed E-state index contributed by atoms with van der Waals surface area (Å²) in [5.74, 6) is 0.303. The number of halogens is 1. The summed E-state index contributed by atoms with van der Waals surface area (Å²) in [5, 5.41) is 4.05. The predicted octanol–water partition coefficient (Wildman–Crippen LogP) is 2.01. The highest BCUT2D eigenvalue weighted by Gasteiger charge is 2.10. The van der Waals surface area contributed by atoms with E-state index in [0.717, 1.165) is 12.0 Å². The van der Waals surface area contributed by atoms with Crippen LogP contribution in [-0.2, 0) is 16.4 Å². The zero-order valence-electron chi connectivity index (χ0n) is 9.56. The van der Waals surface area contributed by atoms with Crippen molar-refractivity contribution in [2.45, 2.75) is 32.2 Å². The predicted molar refractivity (Wildman–Crippen MR) is 65.4 cm³/mol. The Labute approximate surface area is 102 Å². The minimum Gasteiger partial charge on any atom is -0.271 e. The summed E-state index contributed by atoms with van der Waals surface area (Å²) in [6.45, 7) is 4.04. The van der Waals surface area contributed by atoms with E-state index in [0.29, 0.717) is 6.54 Å². The van der Waals surface area contributed by atoms with Crippen LogP contribution in [0.25, 0.3) is 0 Å². The van der Waals surface area contributed by atoms with Gasteiger partial charge in [-0.1, -0.05) is 13.8 Å². The monoisotopic (exact) mass is 264 g/mol. The van der Waals surface area contributed by atoms with Gasteiger partial charge < -0.3 is 0 Å². The van der Waals surface area contributed by atoms with E-state index in [1.54, 1.807) is 17.8 Å². The lowest BCUT2D eigenvalue weighted by Crippen LogP contribution is -2.14. The van der Waals surface area contributed by atoms with E-state index in [9.17, 15) is 8.42 Å². The van der Waals surface area contributed by atoms with Gasteiger partial charge in [0.15, 0.2) is 9.84 Å². The first-order valence-electron chi connectivity index (χ1n) is 5.35. The van der Waals surface area contributed by atoms with Gasteiger partial charge in [-0.15, -0.1) is 11.6 Å². The van der Waals surface area contributed by atoms with Gasteiger partial charge in [0.2, 0.25) is 0 Å². The summed E-state index contributed by atoms with van der Waals surface area (Å²) < 4.78 is 24.2. The zero-order chi connectivity index (χ0) is 12.2. The van der Waals surface area contributed by atoms with Crippen molar-refractivity contribution in [3.05, 3.63) is 18.0 Å². The minimum atomic E-state index is -2.93. The van der Waals surface area contributed by atoms with Crippen LogP contribution in [0, 0.1) is 0 Å². The van der Waals surface area contributed by atoms with Gasteiger partial charge in [-0.25, -0.2) is 8.42 Å². The normalized spacial score (nSPS) is 13.9. The van der Waals surface area contributed by atoms with Crippen molar-refractivity contribution in [1.82, 2.24) is 9.78 Å². The van der Waals surface area contributed by atoms with Crippen LogP contribution in [0.2, 0.25) is 0 Å². The van der Waals surface area contributed by atoms with Crippen molar-refractivity contribution in [3.63, 3.8) is 0 Å². The molecule has 1 unspecified atom stereocenters. The Morgan fingerprint density at radius 2 is 2.19 bits per heavy atom. The molecule has 6 heteroatoms. The number of sulfone groups is 1. The van der Waals surface area contributed by atoms with Crippen molar-refractivity contribution < 1.29 is 8.42 Å². The highest BCUT2D eigenvalue weighted by molar-refractivity contribution is 7.91. The molecule has 0 amide bonds. The van der Waals surface area contributed by atoms with Crippen molar-refractivity contribution in [3.8, 4) is 0 Å². The molecule has 0 aliphatic carbocycles. The highest BCUT2D eigenvalue weighted by Crippen LogP contribution is 2.22. The lowest BCUT2D eigenvalue weighted by atomic mass is 10.2. The van der Waals surface area contributed by atoms with Crippen LogP contribution >= 0.6 is 11.6 Å². The average Bonchev–Trinajstić information content (AvgIpc) is 2.74. The van der Waals surface area contributed by atoms with Crippen molar-refractivity contribution in [2.75, 3.05) is 11.5 Å². The van der Waals surface area contributed by atoms with E-state index < -0.39 is 9.84 Å². The van der Waals surface area contributed by atoms with E-state index in [4.69, 9.17) is 11.6 Å². The summed E-state index contributed by atoms with van der Waals surface area (Å²) in [5.41, 5.74) is 0.943. The fourth-order valence-corrected chi connectivity index (χ4v) is 2.14. The van der Waals surface area contributed by atoms with Gasteiger partial charge in [-0.05, 0) is 6.42 Å². The summed E-state index contributed by atoms with van der Waals surface area (Å²) in [6.07, 6.45) is 4.34. The lowest BCUT2D eigenvalue weighted by Gasteiger charge is -2.02. The number of hydrogen-bond donors (Lipinski definition) is 0. The van der Waals surface area contributed by atoms with Gasteiger partial charge in [0, 0.05) is 17.5 Å². The number of rotatable bonds is 6. The Bertz CT molecular complexity index is 428. The molecule has 92 valence electrons. The summed E-state index contributed by atoms with van der Waals surface area (Å²) >= 11 is 6.05. The van der Waals surface area contributed by atoms with Gasteiger partial charge in [0.1, 0.15) is 0 Å². The van der Waals surface area contributed by atoms with Crippen LogP contribution in [0.5, 0.6) is 0 Å². The standard InChI is InChI=1S/C10H17ClN2O2S/c1-3-10(11)9-7-12-13(8-9)5-6-16(14,15)4-2/h7-8,10H,3-6H2,1-2H3. The van der Waals surface area contributed by atoms with Crippen LogP contribution in [0.1, 0.15) is 31.2 Å². The van der Waals surface area contributed by atoms with Gasteiger partial charge in [0.05, 0.1) is 23.9 Å². The molecule has 1 atom stereocenters. The Hall–Kier alpha value is -0.550. The number of hydrogen-bond acceptors (Lipinski definition) is 3. The Morgan fingerprint density at radius 3 is 2.75 bits per heavy atom. The van der Waals surface area contributed by atoms with Crippen LogP contribution in [0.4, 0.5) is 0 Å². The van der Waals surface area contributed by atoms with Crippen LogP contribution < -0.4 is 0 Å². The molecule has 4 nitrogen and oxygen atoms in total. The topological polar surface area (TPSA) is 52.0 Å². The molecule has 0 aliphatic rings. The largest absolute Gasteiger partial charge is 0.271 e. The molecule has 0 radical (unpaired) electrons. The number of alkyl halides is 1. The van der Waals surface area contributed by atoms with Gasteiger partial charge in [-0.3, -0.25) is 4.68 Å². The van der Waals surface area contributed by atoms with Gasteiger partial charge >= 0.3 is 0 Å². The number of aryl methyl sites for hydroxylation is 1. The molecular weight excluding hydrogens is 248 g/mol. The molecule has 0 aromatic carbocycles. The van der Waals surface area contributed by atoms with E-state index in [1.165, 1.54) is 0 Å². The van der Waals surface area contributed by atoms with Crippen molar-refractivity contribution in [1.29, 1.82) is 0 Å². The summed E-state index contributed by atoms with van der Waals surface area (Å²) in [7, 11) is -2.93. The molecule has 0 spiro atoms. The SMILES string of the molecule is CCC(Cl)c1cnn(CCS(=O)(=O)CC)c1. The second kappa shape index (κ2) is 5.68. The molecule has 0 N–H and O–H groups in total. The average molecular weight is 265 g/mol. The highest BCUT2D eigenvalue weighted by atomic mass is 35.5. The molecule has 0 aliphatic heterocycles. The smallest absolute Gasteiger partial charge is 0.151 e. The fraction of sp³-hybridized carbons (Fsp3) is 0.700. The molecular formula is C10H17ClN2O2S. The van der Waals surface area contributed by atoms with E-state index in [1.807, 2.05) is 13.1 Å². The van der Waals surface area contributed by atoms with E-state index >= 15 is 0 Å². The summed E-state index contributed by atoms with van der Waals surface area (Å²) in [6, 6.07) is 0. The Morgan fingerprint density at radius 1 is 1.50 bits per heavy atom. The molecule has 1 aromatic rings. The summed E-state index contributed by atoms with van der Waals surface area (Å²) in [4.78, 5) is 0. The third-order valence-corrected chi connectivity index (χ3v) is 4.69. The van der Waals surface area contributed by atoms with Crippen molar-refractivity contribution >= 4 is 21.4 Å². The maximum atomic E-state index is 11.3. The van der Waals surface area contributed by atoms with Crippen molar-refractivity contribution in [2.24, 2.45) is 0 Å². The third-order valence-electron chi connectivity index (χ3n) is 2.44. The minimum absolute atomic E-state index is 0.0449. The number of nitrogens with zero attached hydrogens (tertiary/aromatic N) is 2. The molecule has 0 saturated carbocycles. The Balaban J connectivity index is 2.60. The van der Waals surface area contributed by atoms with E-state index in [-0.39, 0.29) is 16.9 Å². The molecule has 0 bridgehead atoms. The van der Waals surface area contributed by atoms with Gasteiger partial charge in [-0.2, -0.15) is 5.10 Å². The first-order chi connectivity index (χ1) is 7.48. The Kier molecular flexibility index (Phi) is 4.80. The van der Waals surface area contributed by atoms with Crippen LogP contribution in [0.3, 0.4) is 0 Å². The van der Waals surface area contributed by atoms with Crippen LogP contribution in [-0.4, -0.2) is 29.7 Å². The number of aromatic nitrogens is 2. The quantitative estimate of drug-likeness (QED) is 0.739. The lowest BCUT2D eigenvalue weighted by molar-refractivity contribution is 0.581. The first kappa shape index (κ1) is 13.5. The third kappa shape index (κ3) is 3.79. The van der Waals surface area contributed by atoms with Crippen LogP contribution in [0.15, 0.2) is 12.4 Å². The molecule has 1 heterocycles. The molecule has 16 heavy (non-hydrogen) atoms. The molecule has 0 saturated heterocycles. The molecule has 1 rings (SSSR count). The second-order valence-corrected chi connectivity index (χ2v) is 6.65. The fourth-order valence-electron chi connectivity index (χ4n) is 1.28. The van der Waals surface area contributed by atoms with E-state index in [2.05, 4.69) is 5.10 Å². The zero-order valence-corrected chi connectivity index (χ0v) is 11.1. The first-order valence-corrected chi connectivity index (χ1v) is 7.61. The maximum absolute atomic E-state index is 11.3.